The number of benzene rings is 2. The van der Waals surface area contributed by atoms with Gasteiger partial charge in [-0.3, -0.25) is 14.5 Å². The van der Waals surface area contributed by atoms with Crippen molar-refractivity contribution >= 4 is 50.0 Å². The van der Waals surface area contributed by atoms with Crippen molar-refractivity contribution in [2.24, 2.45) is 0 Å². The Morgan fingerprint density at radius 3 is 2.24 bits per heavy atom. The number of thiazole rings is 1. The number of ketones is 1. The third-order valence-corrected chi connectivity index (χ3v) is 6.26. The monoisotopic (exact) mass is 429 g/mol. The molecule has 0 saturated heterocycles. The molecule has 0 fully saturated rings. The first-order valence-corrected chi connectivity index (χ1v) is 10.8. The third kappa shape index (κ3) is 4.83. The quantitative estimate of drug-likeness (QED) is 0.465. The van der Waals surface area contributed by atoms with Gasteiger partial charge in [0.1, 0.15) is 5.52 Å². The lowest BCUT2D eigenvalue weighted by atomic mass is 10.1. The van der Waals surface area contributed by atoms with Crippen molar-refractivity contribution in [3.05, 3.63) is 58.6 Å². The number of halogens is 1. The van der Waals surface area contributed by atoms with Crippen molar-refractivity contribution in [1.82, 2.24) is 9.88 Å². The second kappa shape index (κ2) is 9.48. The van der Waals surface area contributed by atoms with Crippen LogP contribution in [0.2, 0.25) is 5.02 Å². The van der Waals surface area contributed by atoms with Gasteiger partial charge in [0.05, 0.1) is 9.72 Å². The fraction of sp³-hybridized carbons (Fsp3) is 0.318. The molecule has 1 aromatic heterocycles. The molecule has 0 saturated carbocycles. The van der Waals surface area contributed by atoms with Crippen molar-refractivity contribution in [2.75, 3.05) is 31.1 Å². The highest BCUT2D eigenvalue weighted by atomic mass is 35.5. The summed E-state index contributed by atoms with van der Waals surface area (Å²) in [6.45, 7) is 8.81. The Bertz CT molecular complexity index is 1010. The van der Waals surface area contributed by atoms with Crippen LogP contribution in [0, 0.1) is 0 Å². The number of carbonyl (C=O) groups is 2. The summed E-state index contributed by atoms with van der Waals surface area (Å²) in [6.07, 6.45) is 0. The van der Waals surface area contributed by atoms with E-state index in [0.717, 1.165) is 24.3 Å². The van der Waals surface area contributed by atoms with Crippen molar-refractivity contribution in [3.63, 3.8) is 0 Å². The standard InChI is InChI=1S/C22H24ClN3O2S/c1-4-25(5-2)13-14-26(21(28)17-11-9-16(10-12-17)15(3)27)22-24-20-18(23)7-6-8-19(20)29-22/h6-12H,4-5,13-14H2,1-3H3. The lowest BCUT2D eigenvalue weighted by Crippen LogP contribution is -2.38. The molecule has 3 aromatic rings. The van der Waals surface area contributed by atoms with Gasteiger partial charge >= 0.3 is 0 Å². The number of rotatable bonds is 8. The predicted molar refractivity (Wildman–Crippen MR) is 121 cm³/mol. The van der Waals surface area contributed by atoms with Crippen LogP contribution in [0.15, 0.2) is 42.5 Å². The highest BCUT2D eigenvalue weighted by Gasteiger charge is 2.22. The summed E-state index contributed by atoms with van der Waals surface area (Å²) < 4.78 is 0.945. The number of hydrogen-bond donors (Lipinski definition) is 0. The van der Waals surface area contributed by atoms with Crippen LogP contribution >= 0.6 is 22.9 Å². The summed E-state index contributed by atoms with van der Waals surface area (Å²) in [5.41, 5.74) is 1.82. The first-order valence-electron chi connectivity index (χ1n) is 9.64. The molecule has 1 amide bonds. The molecule has 29 heavy (non-hydrogen) atoms. The van der Waals surface area contributed by atoms with Crippen LogP contribution in [0.5, 0.6) is 0 Å². The van der Waals surface area contributed by atoms with Gasteiger partial charge in [0, 0.05) is 24.2 Å². The zero-order valence-electron chi connectivity index (χ0n) is 16.8. The SMILES string of the molecule is CCN(CC)CCN(C(=O)c1ccc(C(C)=O)cc1)c1nc2c(Cl)cccc2s1. The highest BCUT2D eigenvalue weighted by molar-refractivity contribution is 7.22. The van der Waals surface area contributed by atoms with E-state index >= 15 is 0 Å². The Morgan fingerprint density at radius 1 is 1.00 bits per heavy atom. The van der Waals surface area contributed by atoms with Gasteiger partial charge in [-0.05, 0) is 44.3 Å². The normalized spacial score (nSPS) is 11.2. The topological polar surface area (TPSA) is 53.5 Å². The summed E-state index contributed by atoms with van der Waals surface area (Å²) in [7, 11) is 0. The number of aromatic nitrogens is 1. The summed E-state index contributed by atoms with van der Waals surface area (Å²) in [5, 5.41) is 1.20. The summed E-state index contributed by atoms with van der Waals surface area (Å²) in [4.78, 5) is 33.5. The Morgan fingerprint density at radius 2 is 1.66 bits per heavy atom. The van der Waals surface area contributed by atoms with Gasteiger partial charge in [0.25, 0.3) is 5.91 Å². The van der Waals surface area contributed by atoms with Crippen LogP contribution in [0.1, 0.15) is 41.5 Å². The molecule has 0 atom stereocenters. The lowest BCUT2D eigenvalue weighted by molar-refractivity contribution is 0.0980. The number of carbonyl (C=O) groups excluding carboxylic acids is 2. The average molecular weight is 430 g/mol. The molecule has 0 unspecified atom stereocenters. The maximum Gasteiger partial charge on any atom is 0.260 e. The van der Waals surface area contributed by atoms with Crippen LogP contribution in [0.4, 0.5) is 5.13 Å². The molecule has 0 radical (unpaired) electrons. The Hall–Kier alpha value is -2.28. The number of amides is 1. The van der Waals surface area contributed by atoms with Crippen molar-refractivity contribution in [3.8, 4) is 0 Å². The average Bonchev–Trinajstić information content (AvgIpc) is 3.16. The molecule has 5 nitrogen and oxygen atoms in total. The number of para-hydroxylation sites is 1. The molecule has 3 rings (SSSR count). The molecule has 7 heteroatoms. The summed E-state index contributed by atoms with van der Waals surface area (Å²) in [5.74, 6) is -0.161. The van der Waals surface area contributed by atoms with E-state index in [1.54, 1.807) is 35.2 Å². The largest absolute Gasteiger partial charge is 0.302 e. The lowest BCUT2D eigenvalue weighted by Gasteiger charge is -2.24. The molecule has 152 valence electrons. The molecule has 0 N–H and O–H groups in total. The minimum Gasteiger partial charge on any atom is -0.302 e. The maximum atomic E-state index is 13.3. The number of anilines is 1. The van der Waals surface area contributed by atoms with E-state index in [4.69, 9.17) is 11.6 Å². The molecule has 0 aliphatic heterocycles. The highest BCUT2D eigenvalue weighted by Crippen LogP contribution is 2.33. The van der Waals surface area contributed by atoms with E-state index in [1.807, 2.05) is 12.1 Å². The van der Waals surface area contributed by atoms with Gasteiger partial charge in [0.15, 0.2) is 10.9 Å². The minimum atomic E-state index is -0.137. The predicted octanol–water partition coefficient (Wildman–Crippen LogP) is 5.14. The first-order chi connectivity index (χ1) is 13.9. The van der Waals surface area contributed by atoms with Gasteiger partial charge in [-0.25, -0.2) is 4.98 Å². The molecule has 0 spiro atoms. The molecule has 2 aromatic carbocycles. The first kappa shape index (κ1) is 21.4. The van der Waals surface area contributed by atoms with Crippen molar-refractivity contribution < 1.29 is 9.59 Å². The van der Waals surface area contributed by atoms with E-state index in [2.05, 4.69) is 23.7 Å². The number of Topliss-reactive ketones (excluding diaryl/α,β-unsaturated/α-hetero) is 1. The van der Waals surface area contributed by atoms with E-state index in [9.17, 15) is 9.59 Å². The number of nitrogens with zero attached hydrogens (tertiary/aromatic N) is 3. The van der Waals surface area contributed by atoms with E-state index in [1.165, 1.54) is 18.3 Å². The van der Waals surface area contributed by atoms with Crippen LogP contribution in [0.3, 0.4) is 0 Å². The molecule has 1 heterocycles. The van der Waals surface area contributed by atoms with Gasteiger partial charge in [-0.1, -0.05) is 55.0 Å². The van der Waals surface area contributed by atoms with Crippen LogP contribution in [0.25, 0.3) is 10.2 Å². The zero-order valence-corrected chi connectivity index (χ0v) is 18.4. The zero-order chi connectivity index (χ0) is 21.0. The third-order valence-electron chi connectivity index (χ3n) is 4.91. The van der Waals surface area contributed by atoms with Gasteiger partial charge < -0.3 is 4.90 Å². The summed E-state index contributed by atoms with van der Waals surface area (Å²) in [6, 6.07) is 12.4. The second-order valence-electron chi connectivity index (χ2n) is 6.70. The fourth-order valence-corrected chi connectivity index (χ4v) is 4.38. The van der Waals surface area contributed by atoms with Gasteiger partial charge in [0.2, 0.25) is 0 Å². The second-order valence-corrected chi connectivity index (χ2v) is 8.12. The van der Waals surface area contributed by atoms with E-state index in [-0.39, 0.29) is 11.7 Å². The molecule has 0 aliphatic rings. The number of hydrogen-bond acceptors (Lipinski definition) is 5. The minimum absolute atomic E-state index is 0.0248. The maximum absolute atomic E-state index is 13.3. The van der Waals surface area contributed by atoms with Gasteiger partial charge in [-0.15, -0.1) is 0 Å². The molecule has 0 aliphatic carbocycles. The molecule has 0 bridgehead atoms. The van der Waals surface area contributed by atoms with Gasteiger partial charge in [-0.2, -0.15) is 0 Å². The Balaban J connectivity index is 1.95. The Kier molecular flexibility index (Phi) is 7.00. The molecular formula is C22H24ClN3O2S. The van der Waals surface area contributed by atoms with E-state index in [0.29, 0.717) is 33.3 Å². The van der Waals surface area contributed by atoms with Crippen molar-refractivity contribution in [2.45, 2.75) is 20.8 Å². The number of likely N-dealkylation sites (N-methyl/N-ethyl adjacent to an activating group) is 1. The van der Waals surface area contributed by atoms with E-state index < -0.39 is 0 Å². The van der Waals surface area contributed by atoms with Crippen molar-refractivity contribution in [1.29, 1.82) is 0 Å². The van der Waals surface area contributed by atoms with Crippen LogP contribution in [-0.2, 0) is 0 Å². The molecular weight excluding hydrogens is 406 g/mol. The summed E-state index contributed by atoms with van der Waals surface area (Å²) >= 11 is 7.75. The number of fused-ring (bicyclic) bond motifs is 1. The smallest absolute Gasteiger partial charge is 0.260 e. The Labute approximate surface area is 179 Å². The fourth-order valence-electron chi connectivity index (χ4n) is 3.09. The van der Waals surface area contributed by atoms with Crippen LogP contribution in [-0.4, -0.2) is 47.8 Å². The van der Waals surface area contributed by atoms with Crippen LogP contribution < -0.4 is 4.90 Å².